The second kappa shape index (κ2) is 6.87. The Balaban J connectivity index is 1.67. The Morgan fingerprint density at radius 3 is 2.74 bits per heavy atom. The molecule has 3 atom stereocenters. The molecule has 0 radical (unpaired) electrons. The van der Waals surface area contributed by atoms with Gasteiger partial charge in [0.05, 0.1) is 11.7 Å². The third-order valence-electron chi connectivity index (χ3n) is 5.39. The fourth-order valence-corrected chi connectivity index (χ4v) is 3.86. The molecule has 5 nitrogen and oxygen atoms in total. The Morgan fingerprint density at radius 2 is 2.04 bits per heavy atom. The van der Waals surface area contributed by atoms with E-state index in [1.54, 1.807) is 6.20 Å². The molecule has 3 heterocycles. The van der Waals surface area contributed by atoms with Crippen LogP contribution in [0.1, 0.15) is 44.8 Å². The smallest absolute Gasteiger partial charge is 0.317 e. The lowest BCUT2D eigenvalue weighted by Crippen LogP contribution is -2.46. The molecule has 0 spiro atoms. The number of carbonyl (C=O) groups is 1. The molecule has 5 heteroatoms. The second-order valence-corrected chi connectivity index (χ2v) is 7.21. The molecule has 1 aromatic heterocycles. The first kappa shape index (κ1) is 16.2. The Bertz CT molecular complexity index is 533. The monoisotopic (exact) mass is 316 g/mol. The molecule has 2 aliphatic rings. The lowest BCUT2D eigenvalue weighted by molar-refractivity contribution is 0.181. The van der Waals surface area contributed by atoms with E-state index in [9.17, 15) is 4.79 Å². The fraction of sp³-hybridized carbons (Fsp3) is 0.667. The third kappa shape index (κ3) is 3.50. The lowest BCUT2D eigenvalue weighted by Gasteiger charge is -2.29. The van der Waals surface area contributed by atoms with E-state index in [4.69, 9.17) is 0 Å². The molecule has 0 aliphatic carbocycles. The summed E-state index contributed by atoms with van der Waals surface area (Å²) in [5.41, 5.74) is 0.935. The molecular formula is C18H28N4O. The Labute approximate surface area is 139 Å². The van der Waals surface area contributed by atoms with Gasteiger partial charge in [0.15, 0.2) is 0 Å². The number of likely N-dealkylation sites (N-methyl/N-ethyl adjacent to an activating group) is 1. The Morgan fingerprint density at radius 1 is 1.26 bits per heavy atom. The molecule has 126 valence electrons. The van der Waals surface area contributed by atoms with Gasteiger partial charge in [0.1, 0.15) is 0 Å². The van der Waals surface area contributed by atoms with Gasteiger partial charge in [-0.15, -0.1) is 0 Å². The van der Waals surface area contributed by atoms with Gasteiger partial charge in [-0.25, -0.2) is 4.79 Å². The average Bonchev–Trinajstić information content (AvgIpc) is 2.78. The average molecular weight is 316 g/mol. The van der Waals surface area contributed by atoms with E-state index in [1.165, 1.54) is 12.8 Å². The first-order chi connectivity index (χ1) is 11.1. The number of rotatable bonds is 3. The minimum atomic E-state index is -0.0399. The van der Waals surface area contributed by atoms with E-state index in [0.29, 0.717) is 18.0 Å². The number of urea groups is 1. The van der Waals surface area contributed by atoms with Gasteiger partial charge >= 0.3 is 6.03 Å². The summed E-state index contributed by atoms with van der Waals surface area (Å²) in [7, 11) is 2.20. The quantitative estimate of drug-likeness (QED) is 0.932. The minimum absolute atomic E-state index is 0.0399. The molecule has 1 aromatic rings. The SMILES string of the molecule is CC(C)[C@@H](NC(=O)N1CC[C@H]2CC[C@@H](C1)N2C)c1ccccn1. The number of hydrogen-bond acceptors (Lipinski definition) is 3. The lowest BCUT2D eigenvalue weighted by atomic mass is 10.0. The van der Waals surface area contributed by atoms with Crippen LogP contribution in [0.4, 0.5) is 4.79 Å². The van der Waals surface area contributed by atoms with Crippen LogP contribution >= 0.6 is 0 Å². The zero-order valence-corrected chi connectivity index (χ0v) is 14.4. The van der Waals surface area contributed by atoms with Crippen molar-refractivity contribution in [3.05, 3.63) is 30.1 Å². The second-order valence-electron chi connectivity index (χ2n) is 7.21. The van der Waals surface area contributed by atoms with Crippen molar-refractivity contribution in [1.82, 2.24) is 20.1 Å². The largest absolute Gasteiger partial charge is 0.329 e. The molecule has 2 aliphatic heterocycles. The predicted octanol–water partition coefficient (Wildman–Crippen LogP) is 2.66. The molecule has 0 saturated carbocycles. The van der Waals surface area contributed by atoms with E-state index in [1.807, 2.05) is 23.1 Å². The number of nitrogens with one attached hydrogen (secondary N) is 1. The van der Waals surface area contributed by atoms with Crippen molar-refractivity contribution in [2.75, 3.05) is 20.1 Å². The maximum Gasteiger partial charge on any atom is 0.317 e. The molecule has 23 heavy (non-hydrogen) atoms. The maximum absolute atomic E-state index is 12.8. The predicted molar refractivity (Wildman–Crippen MR) is 91.1 cm³/mol. The summed E-state index contributed by atoms with van der Waals surface area (Å²) in [6.45, 7) is 5.94. The normalized spacial score (nSPS) is 26.2. The Kier molecular flexibility index (Phi) is 4.85. The molecule has 2 saturated heterocycles. The van der Waals surface area contributed by atoms with E-state index in [-0.39, 0.29) is 12.1 Å². The summed E-state index contributed by atoms with van der Waals surface area (Å²) in [5, 5.41) is 3.21. The summed E-state index contributed by atoms with van der Waals surface area (Å²) >= 11 is 0. The van der Waals surface area contributed by atoms with Crippen molar-refractivity contribution in [1.29, 1.82) is 0 Å². The van der Waals surface area contributed by atoms with Gasteiger partial charge in [-0.1, -0.05) is 19.9 Å². The number of hydrogen-bond donors (Lipinski definition) is 1. The van der Waals surface area contributed by atoms with Gasteiger partial charge < -0.3 is 10.2 Å². The summed E-state index contributed by atoms with van der Waals surface area (Å²) < 4.78 is 0. The number of fused-ring (bicyclic) bond motifs is 2. The van der Waals surface area contributed by atoms with Crippen molar-refractivity contribution in [3.8, 4) is 0 Å². The number of carbonyl (C=O) groups excluding carboxylic acids is 1. The number of aromatic nitrogens is 1. The van der Waals surface area contributed by atoms with Gasteiger partial charge in [0.2, 0.25) is 0 Å². The highest BCUT2D eigenvalue weighted by molar-refractivity contribution is 5.74. The van der Waals surface area contributed by atoms with Gasteiger partial charge in [0.25, 0.3) is 0 Å². The van der Waals surface area contributed by atoms with Crippen LogP contribution in [0.15, 0.2) is 24.4 Å². The Hall–Kier alpha value is -1.62. The summed E-state index contributed by atoms with van der Waals surface area (Å²) in [6.07, 6.45) is 5.35. The van der Waals surface area contributed by atoms with Crippen LogP contribution < -0.4 is 5.32 Å². The van der Waals surface area contributed by atoms with Crippen LogP contribution in [0, 0.1) is 5.92 Å². The molecule has 2 fully saturated rings. The molecule has 0 unspecified atom stereocenters. The molecule has 0 aromatic carbocycles. The summed E-state index contributed by atoms with van der Waals surface area (Å²) in [6, 6.07) is 7.05. The highest BCUT2D eigenvalue weighted by Gasteiger charge is 2.36. The van der Waals surface area contributed by atoms with Crippen molar-refractivity contribution < 1.29 is 4.79 Å². The number of amides is 2. The van der Waals surface area contributed by atoms with E-state index in [0.717, 1.165) is 25.2 Å². The number of likely N-dealkylation sites (tertiary alicyclic amines) is 1. The van der Waals surface area contributed by atoms with Gasteiger partial charge in [-0.2, -0.15) is 0 Å². The van der Waals surface area contributed by atoms with Crippen LogP contribution in [0.2, 0.25) is 0 Å². The maximum atomic E-state index is 12.8. The van der Waals surface area contributed by atoms with Crippen molar-refractivity contribution in [2.45, 2.75) is 51.2 Å². The molecular weight excluding hydrogens is 288 g/mol. The topological polar surface area (TPSA) is 48.5 Å². The van der Waals surface area contributed by atoms with Crippen LogP contribution in [0.5, 0.6) is 0 Å². The highest BCUT2D eigenvalue weighted by atomic mass is 16.2. The first-order valence-corrected chi connectivity index (χ1v) is 8.74. The minimum Gasteiger partial charge on any atom is -0.329 e. The van der Waals surface area contributed by atoms with E-state index >= 15 is 0 Å². The highest BCUT2D eigenvalue weighted by Crippen LogP contribution is 2.29. The molecule has 2 bridgehead atoms. The zero-order valence-electron chi connectivity index (χ0n) is 14.4. The fourth-order valence-electron chi connectivity index (χ4n) is 3.86. The van der Waals surface area contributed by atoms with Gasteiger partial charge in [-0.3, -0.25) is 9.88 Å². The summed E-state index contributed by atoms with van der Waals surface area (Å²) in [4.78, 5) is 21.7. The summed E-state index contributed by atoms with van der Waals surface area (Å²) in [5.74, 6) is 0.306. The van der Waals surface area contributed by atoms with Crippen LogP contribution in [0.3, 0.4) is 0 Å². The van der Waals surface area contributed by atoms with E-state index < -0.39 is 0 Å². The number of nitrogens with zero attached hydrogens (tertiary/aromatic N) is 3. The molecule has 1 N–H and O–H groups in total. The first-order valence-electron chi connectivity index (χ1n) is 8.74. The van der Waals surface area contributed by atoms with Crippen LogP contribution in [0.25, 0.3) is 0 Å². The molecule has 3 rings (SSSR count). The standard InChI is InChI=1S/C18H28N4O/c1-13(2)17(16-6-4-5-10-19-16)20-18(23)22-11-9-14-7-8-15(12-22)21(14)3/h4-6,10,13-15,17H,7-9,11-12H2,1-3H3,(H,20,23)/t14-,15+,17-/m1/s1. The van der Waals surface area contributed by atoms with Gasteiger partial charge in [-0.05, 0) is 44.4 Å². The molecule has 2 amide bonds. The van der Waals surface area contributed by atoms with Crippen molar-refractivity contribution in [2.24, 2.45) is 5.92 Å². The van der Waals surface area contributed by atoms with Crippen molar-refractivity contribution >= 4 is 6.03 Å². The third-order valence-corrected chi connectivity index (χ3v) is 5.39. The van der Waals surface area contributed by atoms with Crippen LogP contribution in [-0.4, -0.2) is 53.0 Å². The van der Waals surface area contributed by atoms with Crippen LogP contribution in [-0.2, 0) is 0 Å². The number of pyridine rings is 1. The van der Waals surface area contributed by atoms with Gasteiger partial charge in [0, 0.05) is 31.4 Å². The van der Waals surface area contributed by atoms with E-state index in [2.05, 4.69) is 36.1 Å². The van der Waals surface area contributed by atoms with Crippen molar-refractivity contribution in [3.63, 3.8) is 0 Å². The zero-order chi connectivity index (χ0) is 16.4.